The molecule has 9 heteroatoms. The van der Waals surface area contributed by atoms with Gasteiger partial charge in [-0.1, -0.05) is 41.6 Å². The number of amides is 1. The zero-order valence-corrected chi connectivity index (χ0v) is 17.0. The second kappa shape index (κ2) is 7.60. The molecule has 0 atom stereocenters. The Morgan fingerprint density at radius 1 is 1.00 bits per heavy atom. The van der Waals surface area contributed by atoms with Crippen molar-refractivity contribution in [1.82, 2.24) is 10.1 Å². The average molecular weight is 422 g/mol. The molecule has 30 heavy (non-hydrogen) atoms. The van der Waals surface area contributed by atoms with E-state index in [4.69, 9.17) is 4.52 Å². The molecule has 0 saturated heterocycles. The SMILES string of the molecule is Cc1noc2nc(-c3ccccc3)cc(C(=O)Nc3cccc(NS(C)(=O)=O)c3)c12. The van der Waals surface area contributed by atoms with Crippen LogP contribution in [0.25, 0.3) is 22.4 Å². The summed E-state index contributed by atoms with van der Waals surface area (Å²) in [4.78, 5) is 17.6. The predicted molar refractivity (Wildman–Crippen MR) is 115 cm³/mol. The number of benzene rings is 2. The highest BCUT2D eigenvalue weighted by Gasteiger charge is 2.19. The number of nitrogens with one attached hydrogen (secondary N) is 2. The van der Waals surface area contributed by atoms with Crippen molar-refractivity contribution in [3.8, 4) is 11.3 Å². The second-order valence-corrected chi connectivity index (χ2v) is 8.53. The number of hydrogen-bond acceptors (Lipinski definition) is 6. The fraction of sp³-hybridized carbons (Fsp3) is 0.0952. The van der Waals surface area contributed by atoms with E-state index in [0.29, 0.717) is 33.7 Å². The van der Waals surface area contributed by atoms with Crippen LogP contribution < -0.4 is 10.0 Å². The van der Waals surface area contributed by atoms with Gasteiger partial charge in [0.25, 0.3) is 11.6 Å². The average Bonchev–Trinajstić information content (AvgIpc) is 3.08. The van der Waals surface area contributed by atoms with Crippen LogP contribution in [0.2, 0.25) is 0 Å². The lowest BCUT2D eigenvalue weighted by Crippen LogP contribution is -2.14. The molecule has 8 nitrogen and oxygen atoms in total. The number of carbonyl (C=O) groups excluding carboxylic acids is 1. The molecule has 0 radical (unpaired) electrons. The number of pyridine rings is 1. The van der Waals surface area contributed by atoms with Crippen LogP contribution in [0.15, 0.2) is 65.2 Å². The highest BCUT2D eigenvalue weighted by molar-refractivity contribution is 7.92. The van der Waals surface area contributed by atoms with E-state index in [0.717, 1.165) is 11.8 Å². The molecule has 0 unspecified atom stereocenters. The summed E-state index contributed by atoms with van der Waals surface area (Å²) >= 11 is 0. The Morgan fingerprint density at radius 2 is 1.73 bits per heavy atom. The van der Waals surface area contributed by atoms with Gasteiger partial charge in [-0.05, 0) is 31.2 Å². The van der Waals surface area contributed by atoms with Crippen LogP contribution in [0.4, 0.5) is 11.4 Å². The maximum Gasteiger partial charge on any atom is 0.259 e. The number of aryl methyl sites for hydroxylation is 1. The van der Waals surface area contributed by atoms with Crippen molar-refractivity contribution in [2.75, 3.05) is 16.3 Å². The molecule has 0 spiro atoms. The summed E-state index contributed by atoms with van der Waals surface area (Å²) in [5.41, 5.74) is 3.38. The lowest BCUT2D eigenvalue weighted by Gasteiger charge is -2.10. The fourth-order valence-corrected chi connectivity index (χ4v) is 3.66. The van der Waals surface area contributed by atoms with Crippen LogP contribution >= 0.6 is 0 Å². The molecule has 0 bridgehead atoms. The Bertz CT molecular complexity index is 1350. The number of fused-ring (bicyclic) bond motifs is 1. The first-order valence-electron chi connectivity index (χ1n) is 9.02. The molecular weight excluding hydrogens is 404 g/mol. The number of nitrogens with zero attached hydrogens (tertiary/aromatic N) is 2. The third-order valence-electron chi connectivity index (χ3n) is 4.35. The van der Waals surface area contributed by atoms with Crippen LogP contribution in [0.3, 0.4) is 0 Å². The molecule has 0 aliphatic heterocycles. The number of anilines is 2. The molecule has 0 aliphatic carbocycles. The Hall–Kier alpha value is -3.72. The van der Waals surface area contributed by atoms with E-state index in [2.05, 4.69) is 20.2 Å². The van der Waals surface area contributed by atoms with Gasteiger partial charge in [0, 0.05) is 11.3 Å². The van der Waals surface area contributed by atoms with Gasteiger partial charge in [-0.2, -0.15) is 0 Å². The molecule has 2 aromatic carbocycles. The molecule has 2 aromatic heterocycles. The summed E-state index contributed by atoms with van der Waals surface area (Å²) < 4.78 is 30.6. The molecule has 0 fully saturated rings. The monoisotopic (exact) mass is 422 g/mol. The first-order chi connectivity index (χ1) is 14.3. The molecule has 4 aromatic rings. The van der Waals surface area contributed by atoms with E-state index in [9.17, 15) is 13.2 Å². The third-order valence-corrected chi connectivity index (χ3v) is 4.96. The minimum Gasteiger partial charge on any atom is -0.335 e. The van der Waals surface area contributed by atoms with Crippen molar-refractivity contribution in [3.05, 3.63) is 71.9 Å². The van der Waals surface area contributed by atoms with Crippen molar-refractivity contribution in [1.29, 1.82) is 0 Å². The van der Waals surface area contributed by atoms with E-state index >= 15 is 0 Å². The molecular formula is C21H18N4O4S. The highest BCUT2D eigenvalue weighted by Crippen LogP contribution is 2.28. The number of rotatable bonds is 5. The van der Waals surface area contributed by atoms with Gasteiger partial charge in [0.1, 0.15) is 0 Å². The smallest absolute Gasteiger partial charge is 0.259 e. The second-order valence-electron chi connectivity index (χ2n) is 6.78. The quantitative estimate of drug-likeness (QED) is 0.505. The summed E-state index contributed by atoms with van der Waals surface area (Å²) in [6.45, 7) is 1.74. The Kier molecular flexibility index (Phi) is 4.96. The van der Waals surface area contributed by atoms with Gasteiger partial charge < -0.3 is 9.84 Å². The molecule has 2 heterocycles. The minimum absolute atomic E-state index is 0.270. The Morgan fingerprint density at radius 3 is 2.47 bits per heavy atom. The maximum atomic E-state index is 13.1. The van der Waals surface area contributed by atoms with Crippen LogP contribution in [-0.2, 0) is 10.0 Å². The number of aromatic nitrogens is 2. The van der Waals surface area contributed by atoms with Crippen molar-refractivity contribution in [2.45, 2.75) is 6.92 Å². The fourth-order valence-electron chi connectivity index (χ4n) is 3.10. The van der Waals surface area contributed by atoms with Crippen LogP contribution in [0, 0.1) is 6.92 Å². The van der Waals surface area contributed by atoms with Crippen LogP contribution in [-0.4, -0.2) is 30.7 Å². The van der Waals surface area contributed by atoms with Crippen molar-refractivity contribution < 1.29 is 17.7 Å². The number of sulfonamides is 1. The van der Waals surface area contributed by atoms with Crippen molar-refractivity contribution in [2.24, 2.45) is 0 Å². The lowest BCUT2D eigenvalue weighted by molar-refractivity contribution is 0.102. The van der Waals surface area contributed by atoms with Crippen LogP contribution in [0.5, 0.6) is 0 Å². The molecule has 152 valence electrons. The molecule has 0 saturated carbocycles. The topological polar surface area (TPSA) is 114 Å². The molecule has 2 N–H and O–H groups in total. The summed E-state index contributed by atoms with van der Waals surface area (Å²) in [5.74, 6) is -0.387. The zero-order chi connectivity index (χ0) is 21.3. The van der Waals surface area contributed by atoms with Crippen molar-refractivity contribution >= 4 is 38.4 Å². The van der Waals surface area contributed by atoms with Crippen molar-refractivity contribution in [3.63, 3.8) is 0 Å². The van der Waals surface area contributed by atoms with Gasteiger partial charge in [0.15, 0.2) is 0 Å². The standard InChI is InChI=1S/C21H18N4O4S/c1-13-19-17(12-18(23-21(19)29-24-13)14-7-4-3-5-8-14)20(26)22-15-9-6-10-16(11-15)25-30(2,27)28/h3-12,25H,1-2H3,(H,22,26). The van der Waals surface area contributed by atoms with Gasteiger partial charge in [0.05, 0.1) is 34.3 Å². The Labute approximate surface area is 173 Å². The van der Waals surface area contributed by atoms with Crippen LogP contribution in [0.1, 0.15) is 16.1 Å². The summed E-state index contributed by atoms with van der Waals surface area (Å²) in [5, 5.41) is 7.27. The highest BCUT2D eigenvalue weighted by atomic mass is 32.2. The first-order valence-corrected chi connectivity index (χ1v) is 10.9. The Balaban J connectivity index is 1.73. The lowest BCUT2D eigenvalue weighted by atomic mass is 10.0. The normalized spacial score (nSPS) is 11.4. The maximum absolute atomic E-state index is 13.1. The zero-order valence-electron chi connectivity index (χ0n) is 16.2. The predicted octanol–water partition coefficient (Wildman–Crippen LogP) is 3.82. The molecule has 1 amide bonds. The van der Waals surface area contributed by atoms with Gasteiger partial charge in [-0.3, -0.25) is 9.52 Å². The summed E-state index contributed by atoms with van der Waals surface area (Å²) in [6, 6.07) is 17.6. The molecule has 0 aliphatic rings. The minimum atomic E-state index is -3.43. The largest absolute Gasteiger partial charge is 0.335 e. The van der Waals surface area contributed by atoms with Gasteiger partial charge in [0.2, 0.25) is 10.0 Å². The van der Waals surface area contributed by atoms with E-state index in [1.165, 1.54) is 6.07 Å². The van der Waals surface area contributed by atoms with Gasteiger partial charge in [-0.25, -0.2) is 13.4 Å². The number of carbonyl (C=O) groups is 1. The summed E-state index contributed by atoms with van der Waals surface area (Å²) in [6.07, 6.45) is 1.06. The van der Waals surface area contributed by atoms with Gasteiger partial charge >= 0.3 is 0 Å². The first kappa shape index (κ1) is 19.6. The summed E-state index contributed by atoms with van der Waals surface area (Å²) in [7, 11) is -3.43. The number of hydrogen-bond donors (Lipinski definition) is 2. The van der Waals surface area contributed by atoms with E-state index in [1.807, 2.05) is 30.3 Å². The van der Waals surface area contributed by atoms with Gasteiger partial charge in [-0.15, -0.1) is 0 Å². The van der Waals surface area contributed by atoms with E-state index < -0.39 is 10.0 Å². The van der Waals surface area contributed by atoms with E-state index in [-0.39, 0.29) is 11.6 Å². The van der Waals surface area contributed by atoms with E-state index in [1.54, 1.807) is 31.2 Å². The molecule has 4 rings (SSSR count). The third kappa shape index (κ3) is 4.15.